The number of aromatic nitrogens is 1. The van der Waals surface area contributed by atoms with Crippen molar-refractivity contribution in [3.05, 3.63) is 23.0 Å². The van der Waals surface area contributed by atoms with Gasteiger partial charge in [0, 0.05) is 41.9 Å². The van der Waals surface area contributed by atoms with Crippen LogP contribution in [-0.2, 0) is 25.6 Å². The van der Waals surface area contributed by atoms with E-state index < -0.39 is 0 Å². The Kier molecular flexibility index (Phi) is 5.91. The summed E-state index contributed by atoms with van der Waals surface area (Å²) < 4.78 is 13.2. The molecule has 0 aromatic carbocycles. The van der Waals surface area contributed by atoms with Gasteiger partial charge in [0.25, 0.3) is 0 Å². The van der Waals surface area contributed by atoms with Gasteiger partial charge in [-0.3, -0.25) is 14.4 Å². The van der Waals surface area contributed by atoms with Gasteiger partial charge in [0.2, 0.25) is 5.78 Å². The third-order valence-corrected chi connectivity index (χ3v) is 7.01. The Bertz CT molecular complexity index is 788. The van der Waals surface area contributed by atoms with Crippen LogP contribution in [0.3, 0.4) is 0 Å². The molecular weight excluding hydrogens is 370 g/mol. The van der Waals surface area contributed by atoms with Gasteiger partial charge < -0.3 is 14.0 Å². The summed E-state index contributed by atoms with van der Waals surface area (Å²) in [6.45, 7) is 5.25. The highest BCUT2D eigenvalue weighted by molar-refractivity contribution is 5.99. The van der Waals surface area contributed by atoms with Gasteiger partial charge in [-0.05, 0) is 58.4 Å². The van der Waals surface area contributed by atoms with Crippen molar-refractivity contribution < 1.29 is 23.9 Å². The van der Waals surface area contributed by atoms with E-state index in [-0.39, 0.29) is 42.2 Å². The molecule has 1 aliphatic heterocycles. The molecule has 2 heterocycles. The van der Waals surface area contributed by atoms with E-state index in [1.165, 1.54) is 0 Å². The smallest absolute Gasteiger partial charge is 0.309 e. The highest BCUT2D eigenvalue weighted by Crippen LogP contribution is 2.40. The fraction of sp³-hybridized carbons (Fsp3) is 0.696. The molecule has 6 nitrogen and oxygen atoms in total. The molecule has 3 aliphatic rings. The molecule has 3 fully saturated rings. The lowest BCUT2D eigenvalue weighted by Gasteiger charge is -2.36. The largest absolute Gasteiger partial charge is 0.457 e. The van der Waals surface area contributed by atoms with E-state index in [4.69, 9.17) is 9.47 Å². The Balaban J connectivity index is 1.35. The van der Waals surface area contributed by atoms with Gasteiger partial charge >= 0.3 is 5.97 Å². The van der Waals surface area contributed by atoms with Gasteiger partial charge in [-0.25, -0.2) is 0 Å². The number of rotatable bonds is 6. The summed E-state index contributed by atoms with van der Waals surface area (Å²) in [5.74, 6) is -0.397. The lowest BCUT2D eigenvalue weighted by molar-refractivity contribution is -0.152. The number of fused-ring (bicyclic) bond motifs is 2. The molecule has 1 unspecified atom stereocenters. The Morgan fingerprint density at radius 3 is 2.52 bits per heavy atom. The highest BCUT2D eigenvalue weighted by Gasteiger charge is 2.42. The molecule has 2 aliphatic carbocycles. The van der Waals surface area contributed by atoms with Crippen LogP contribution in [0, 0.1) is 31.6 Å². The van der Waals surface area contributed by atoms with Crippen molar-refractivity contribution in [2.75, 3.05) is 13.2 Å². The summed E-state index contributed by atoms with van der Waals surface area (Å²) in [4.78, 5) is 37.5. The number of nitrogens with zero attached hydrogens (tertiary/aromatic N) is 1. The molecule has 0 amide bonds. The number of hydrogen-bond acceptors (Lipinski definition) is 5. The minimum Gasteiger partial charge on any atom is -0.457 e. The van der Waals surface area contributed by atoms with Gasteiger partial charge in [0.05, 0.1) is 12.0 Å². The maximum atomic E-state index is 12.7. The number of ether oxygens (including phenoxy) is 2. The van der Waals surface area contributed by atoms with Crippen molar-refractivity contribution >= 4 is 17.5 Å². The molecule has 1 aromatic heterocycles. The first-order chi connectivity index (χ1) is 13.9. The minimum absolute atomic E-state index is 0.00693. The van der Waals surface area contributed by atoms with Crippen LogP contribution in [0.1, 0.15) is 66.7 Å². The van der Waals surface area contributed by atoms with Crippen LogP contribution in [0.4, 0.5) is 0 Å². The van der Waals surface area contributed by atoms with Gasteiger partial charge in [-0.1, -0.05) is 6.42 Å². The molecule has 1 saturated heterocycles. The van der Waals surface area contributed by atoms with Gasteiger partial charge in [0.15, 0.2) is 6.61 Å². The van der Waals surface area contributed by atoms with E-state index in [0.29, 0.717) is 24.2 Å². The fourth-order valence-corrected chi connectivity index (χ4v) is 5.36. The highest BCUT2D eigenvalue weighted by atomic mass is 16.5. The van der Waals surface area contributed by atoms with Gasteiger partial charge in [0.1, 0.15) is 5.78 Å². The standard InChI is InChI=1S/C23H31NO5/c1-14-9-20(15(2)24(14)12-19-7-4-8-28-19)21(25)13-29-23(27)18-10-16-5-3-6-17(11-18)22(16)26/h9,16-19H,3-8,10-13H2,1-2H3/t16-,17+,18?,19-/m1/s1. The number of Topliss-reactive ketones (excluding diaryl/α,β-unsaturated/α-hetero) is 2. The number of carbonyl (C=O) groups excluding carboxylic acids is 3. The summed E-state index contributed by atoms with van der Waals surface area (Å²) >= 11 is 0. The lowest BCUT2D eigenvalue weighted by Crippen LogP contribution is -2.39. The summed E-state index contributed by atoms with van der Waals surface area (Å²) in [5, 5.41) is 0. The van der Waals surface area contributed by atoms with Crippen molar-refractivity contribution in [2.24, 2.45) is 17.8 Å². The number of esters is 1. The van der Waals surface area contributed by atoms with Crippen LogP contribution in [0.5, 0.6) is 0 Å². The fourth-order valence-electron chi connectivity index (χ4n) is 5.36. The van der Waals surface area contributed by atoms with E-state index in [0.717, 1.165) is 56.6 Å². The minimum atomic E-state index is -0.323. The Morgan fingerprint density at radius 1 is 1.14 bits per heavy atom. The Hall–Kier alpha value is -1.95. The SMILES string of the molecule is Cc1cc(C(=O)COC(=O)C2C[C@H]3CCC[C@@H](C2)C3=O)c(C)n1C[C@H]1CCCO1. The molecular formula is C23H31NO5. The van der Waals surface area contributed by atoms with E-state index in [1.54, 1.807) is 0 Å². The first-order valence-electron chi connectivity index (χ1n) is 11.0. The summed E-state index contributed by atoms with van der Waals surface area (Å²) in [5.41, 5.74) is 2.53. The molecule has 29 heavy (non-hydrogen) atoms. The van der Waals surface area contributed by atoms with Crippen LogP contribution < -0.4 is 0 Å². The van der Waals surface area contributed by atoms with Crippen LogP contribution in [0.15, 0.2) is 6.07 Å². The van der Waals surface area contributed by atoms with E-state index in [9.17, 15) is 14.4 Å². The molecule has 6 heteroatoms. The molecule has 158 valence electrons. The van der Waals surface area contributed by atoms with E-state index >= 15 is 0 Å². The second kappa shape index (κ2) is 8.42. The summed E-state index contributed by atoms with van der Waals surface area (Å²) in [6.07, 6.45) is 6.33. The zero-order valence-corrected chi connectivity index (χ0v) is 17.4. The van der Waals surface area contributed by atoms with Crippen molar-refractivity contribution in [1.29, 1.82) is 0 Å². The second-order valence-corrected chi connectivity index (χ2v) is 8.96. The number of ketones is 2. The molecule has 0 N–H and O–H groups in total. The number of hydrogen-bond donors (Lipinski definition) is 0. The predicted octanol–water partition coefficient (Wildman–Crippen LogP) is 3.41. The van der Waals surface area contributed by atoms with E-state index in [2.05, 4.69) is 4.57 Å². The van der Waals surface area contributed by atoms with Crippen molar-refractivity contribution in [1.82, 2.24) is 4.57 Å². The van der Waals surface area contributed by atoms with Crippen molar-refractivity contribution in [2.45, 2.75) is 71.4 Å². The second-order valence-electron chi connectivity index (χ2n) is 8.96. The van der Waals surface area contributed by atoms with E-state index in [1.807, 2.05) is 19.9 Å². The summed E-state index contributed by atoms with van der Waals surface area (Å²) in [6, 6.07) is 1.88. The quantitative estimate of drug-likeness (QED) is 0.539. The third kappa shape index (κ3) is 4.18. The predicted molar refractivity (Wildman–Crippen MR) is 107 cm³/mol. The topological polar surface area (TPSA) is 74.6 Å². The average Bonchev–Trinajstić information content (AvgIpc) is 3.29. The van der Waals surface area contributed by atoms with Crippen molar-refractivity contribution in [3.63, 3.8) is 0 Å². The van der Waals surface area contributed by atoms with Crippen LogP contribution in [-0.4, -0.2) is 41.4 Å². The van der Waals surface area contributed by atoms with Crippen LogP contribution in [0.2, 0.25) is 0 Å². The zero-order valence-electron chi connectivity index (χ0n) is 17.4. The van der Waals surface area contributed by atoms with Gasteiger partial charge in [-0.2, -0.15) is 0 Å². The molecule has 1 aromatic rings. The number of carbonyl (C=O) groups is 3. The lowest BCUT2D eigenvalue weighted by atomic mass is 9.67. The maximum Gasteiger partial charge on any atom is 0.309 e. The molecule has 2 saturated carbocycles. The van der Waals surface area contributed by atoms with Crippen LogP contribution >= 0.6 is 0 Å². The first kappa shape index (κ1) is 20.3. The third-order valence-electron chi connectivity index (χ3n) is 7.01. The summed E-state index contributed by atoms with van der Waals surface area (Å²) in [7, 11) is 0. The first-order valence-corrected chi connectivity index (χ1v) is 11.0. The number of aryl methyl sites for hydroxylation is 1. The normalized spacial score (nSPS) is 29.1. The van der Waals surface area contributed by atoms with Crippen molar-refractivity contribution in [3.8, 4) is 0 Å². The van der Waals surface area contributed by atoms with Crippen LogP contribution in [0.25, 0.3) is 0 Å². The zero-order chi connectivity index (χ0) is 20.5. The van der Waals surface area contributed by atoms with Gasteiger partial charge in [-0.15, -0.1) is 0 Å². The molecule has 4 rings (SSSR count). The molecule has 0 radical (unpaired) electrons. The Labute approximate surface area is 171 Å². The Morgan fingerprint density at radius 2 is 1.86 bits per heavy atom. The molecule has 4 atom stereocenters. The average molecular weight is 402 g/mol. The molecule has 0 spiro atoms. The maximum absolute atomic E-state index is 12.7. The molecule has 2 bridgehead atoms. The monoisotopic (exact) mass is 401 g/mol.